The van der Waals surface area contributed by atoms with Crippen molar-refractivity contribution in [1.82, 2.24) is 0 Å². The Morgan fingerprint density at radius 3 is 2.54 bits per heavy atom. The number of anilines is 2. The number of esters is 1. The molecule has 0 aliphatic carbocycles. The number of nitrogens with zero attached hydrogens (tertiary/aromatic N) is 1. The van der Waals surface area contributed by atoms with Gasteiger partial charge in [-0.25, -0.2) is 4.79 Å². The third-order valence-electron chi connectivity index (χ3n) is 3.17. The van der Waals surface area contributed by atoms with Gasteiger partial charge in [0.05, 0.1) is 17.2 Å². The molecule has 0 radical (unpaired) electrons. The lowest BCUT2D eigenvalue weighted by molar-refractivity contribution is -0.123. The van der Waals surface area contributed by atoms with E-state index in [0.29, 0.717) is 15.7 Å². The maximum Gasteiger partial charge on any atom is 0.341 e. The van der Waals surface area contributed by atoms with Crippen LogP contribution in [0.1, 0.15) is 22.8 Å². The number of ether oxygens (including phenoxy) is 1. The van der Waals surface area contributed by atoms with Crippen molar-refractivity contribution in [2.75, 3.05) is 11.1 Å². The molecule has 0 spiro atoms. The fourth-order valence-corrected chi connectivity index (χ4v) is 2.22. The number of hydrogen-bond acceptors (Lipinski definition) is 5. The number of rotatable bonds is 4. The van der Waals surface area contributed by atoms with Crippen LogP contribution in [0, 0.1) is 11.3 Å². The minimum atomic E-state index is -1.01. The molecular formula is C17H14BrN3O3. The Labute approximate surface area is 147 Å². The summed E-state index contributed by atoms with van der Waals surface area (Å²) >= 11 is 3.25. The number of benzene rings is 2. The van der Waals surface area contributed by atoms with Gasteiger partial charge in [0.1, 0.15) is 0 Å². The van der Waals surface area contributed by atoms with E-state index in [2.05, 4.69) is 21.2 Å². The maximum atomic E-state index is 12.1. The zero-order valence-corrected chi connectivity index (χ0v) is 14.3. The van der Waals surface area contributed by atoms with Crippen LogP contribution in [0.3, 0.4) is 0 Å². The second-order valence-electron chi connectivity index (χ2n) is 4.96. The van der Waals surface area contributed by atoms with Crippen LogP contribution in [0.15, 0.2) is 46.9 Å². The predicted octanol–water partition coefficient (Wildman–Crippen LogP) is 3.09. The highest BCUT2D eigenvalue weighted by Crippen LogP contribution is 2.20. The van der Waals surface area contributed by atoms with E-state index in [9.17, 15) is 9.59 Å². The minimum Gasteiger partial charge on any atom is -0.449 e. The van der Waals surface area contributed by atoms with Gasteiger partial charge in [-0.3, -0.25) is 4.79 Å². The molecule has 0 unspecified atom stereocenters. The van der Waals surface area contributed by atoms with Gasteiger partial charge in [0.15, 0.2) is 6.10 Å². The Kier molecular flexibility index (Phi) is 5.55. The quantitative estimate of drug-likeness (QED) is 0.619. The van der Waals surface area contributed by atoms with Crippen LogP contribution in [-0.4, -0.2) is 18.0 Å². The van der Waals surface area contributed by atoms with Gasteiger partial charge < -0.3 is 15.8 Å². The van der Waals surface area contributed by atoms with Crippen molar-refractivity contribution in [2.24, 2.45) is 0 Å². The molecule has 24 heavy (non-hydrogen) atoms. The van der Waals surface area contributed by atoms with Crippen molar-refractivity contribution in [2.45, 2.75) is 13.0 Å². The van der Waals surface area contributed by atoms with Crippen LogP contribution in [0.5, 0.6) is 0 Å². The summed E-state index contributed by atoms with van der Waals surface area (Å²) in [5.74, 6) is -1.17. The molecule has 3 N–H and O–H groups in total. The maximum absolute atomic E-state index is 12.1. The van der Waals surface area contributed by atoms with Gasteiger partial charge in [0, 0.05) is 15.8 Å². The Morgan fingerprint density at radius 2 is 1.92 bits per heavy atom. The summed E-state index contributed by atoms with van der Waals surface area (Å²) in [6.45, 7) is 1.46. The number of hydrogen-bond donors (Lipinski definition) is 2. The Bertz CT molecular complexity index is 813. The number of halogens is 1. The number of nitrogen functional groups attached to an aromatic ring is 1. The smallest absolute Gasteiger partial charge is 0.341 e. The minimum absolute atomic E-state index is 0.183. The number of carbonyl (C=O) groups excluding carboxylic acids is 2. The fourth-order valence-electron chi connectivity index (χ4n) is 1.85. The van der Waals surface area contributed by atoms with Gasteiger partial charge in [-0.05, 0) is 49.4 Å². The zero-order chi connectivity index (χ0) is 17.7. The lowest BCUT2D eigenvalue weighted by Crippen LogP contribution is -2.30. The SMILES string of the molecule is C[C@H](OC(=O)c1cc(Br)ccc1N)C(=O)Nc1ccc(C#N)cc1. The van der Waals surface area contributed by atoms with Crippen LogP contribution in [0.4, 0.5) is 11.4 Å². The molecule has 0 saturated carbocycles. The summed E-state index contributed by atoms with van der Waals surface area (Å²) in [5, 5.41) is 11.3. The van der Waals surface area contributed by atoms with Crippen molar-refractivity contribution in [1.29, 1.82) is 5.26 Å². The topological polar surface area (TPSA) is 105 Å². The third-order valence-corrected chi connectivity index (χ3v) is 3.66. The van der Waals surface area contributed by atoms with E-state index in [1.807, 2.05) is 6.07 Å². The average Bonchev–Trinajstić information content (AvgIpc) is 2.57. The molecule has 6 nitrogen and oxygen atoms in total. The van der Waals surface area contributed by atoms with Crippen molar-refractivity contribution >= 4 is 39.2 Å². The van der Waals surface area contributed by atoms with Crippen LogP contribution in [0.25, 0.3) is 0 Å². The van der Waals surface area contributed by atoms with Crippen molar-refractivity contribution in [3.63, 3.8) is 0 Å². The van der Waals surface area contributed by atoms with E-state index >= 15 is 0 Å². The molecule has 7 heteroatoms. The molecule has 0 aliphatic rings. The van der Waals surface area contributed by atoms with E-state index in [-0.39, 0.29) is 11.3 Å². The average molecular weight is 388 g/mol. The van der Waals surface area contributed by atoms with Crippen molar-refractivity contribution < 1.29 is 14.3 Å². The van der Waals surface area contributed by atoms with Crippen molar-refractivity contribution in [3.05, 3.63) is 58.1 Å². The number of nitrogens with one attached hydrogen (secondary N) is 1. The Hall–Kier alpha value is -2.85. The normalized spacial score (nSPS) is 11.2. The second-order valence-corrected chi connectivity index (χ2v) is 5.87. The first-order valence-electron chi connectivity index (χ1n) is 6.97. The molecular weight excluding hydrogens is 374 g/mol. The molecule has 1 amide bonds. The highest BCUT2D eigenvalue weighted by Gasteiger charge is 2.20. The highest BCUT2D eigenvalue weighted by molar-refractivity contribution is 9.10. The van der Waals surface area contributed by atoms with Gasteiger partial charge in [-0.1, -0.05) is 15.9 Å². The van der Waals surface area contributed by atoms with Gasteiger partial charge >= 0.3 is 5.97 Å². The number of amides is 1. The Morgan fingerprint density at radius 1 is 1.25 bits per heavy atom. The molecule has 122 valence electrons. The molecule has 2 rings (SSSR count). The Balaban J connectivity index is 2.01. The molecule has 0 bridgehead atoms. The van der Waals surface area contributed by atoms with Crippen LogP contribution < -0.4 is 11.1 Å². The molecule has 2 aromatic rings. The molecule has 0 saturated heterocycles. The summed E-state index contributed by atoms with van der Waals surface area (Å²) in [6.07, 6.45) is -1.01. The van der Waals surface area contributed by atoms with Crippen LogP contribution in [-0.2, 0) is 9.53 Å². The van der Waals surface area contributed by atoms with Crippen LogP contribution in [0.2, 0.25) is 0 Å². The lowest BCUT2D eigenvalue weighted by Gasteiger charge is -2.14. The predicted molar refractivity (Wildman–Crippen MR) is 93.2 cm³/mol. The first kappa shape index (κ1) is 17.5. The summed E-state index contributed by atoms with van der Waals surface area (Å²) < 4.78 is 5.83. The fraction of sp³-hybridized carbons (Fsp3) is 0.118. The van der Waals surface area contributed by atoms with Gasteiger partial charge in [0.25, 0.3) is 5.91 Å². The van der Waals surface area contributed by atoms with Gasteiger partial charge in [-0.2, -0.15) is 5.26 Å². The van der Waals surface area contributed by atoms with Gasteiger partial charge in [0.2, 0.25) is 0 Å². The molecule has 0 aliphatic heterocycles. The zero-order valence-electron chi connectivity index (χ0n) is 12.7. The number of nitriles is 1. The number of carbonyl (C=O) groups is 2. The van der Waals surface area contributed by atoms with E-state index in [1.165, 1.54) is 13.0 Å². The molecule has 2 aromatic carbocycles. The van der Waals surface area contributed by atoms with E-state index < -0.39 is 18.0 Å². The van der Waals surface area contributed by atoms with Gasteiger partial charge in [-0.15, -0.1) is 0 Å². The van der Waals surface area contributed by atoms with E-state index in [1.54, 1.807) is 36.4 Å². The summed E-state index contributed by atoms with van der Waals surface area (Å²) in [6, 6.07) is 13.1. The largest absolute Gasteiger partial charge is 0.449 e. The molecule has 0 heterocycles. The highest BCUT2D eigenvalue weighted by atomic mass is 79.9. The summed E-state index contributed by atoms with van der Waals surface area (Å²) in [7, 11) is 0. The standard InChI is InChI=1S/C17H14BrN3O3/c1-10(16(22)21-13-5-2-11(9-19)3-6-13)24-17(23)14-8-12(18)4-7-15(14)20/h2-8,10H,20H2,1H3,(H,21,22)/t10-/m0/s1. The third kappa shape index (κ3) is 4.33. The molecule has 1 atom stereocenters. The second kappa shape index (κ2) is 7.62. The molecule has 0 aromatic heterocycles. The van der Waals surface area contributed by atoms with E-state index in [0.717, 1.165) is 0 Å². The first-order chi connectivity index (χ1) is 11.4. The first-order valence-corrected chi connectivity index (χ1v) is 7.77. The van der Waals surface area contributed by atoms with E-state index in [4.69, 9.17) is 15.7 Å². The van der Waals surface area contributed by atoms with Crippen LogP contribution >= 0.6 is 15.9 Å². The lowest BCUT2D eigenvalue weighted by atomic mass is 10.2. The number of nitrogens with two attached hydrogens (primary N) is 1. The van der Waals surface area contributed by atoms with Crippen molar-refractivity contribution in [3.8, 4) is 6.07 Å². The summed E-state index contributed by atoms with van der Waals surface area (Å²) in [4.78, 5) is 24.2. The summed E-state index contributed by atoms with van der Waals surface area (Å²) in [5.41, 5.74) is 7.18. The molecule has 0 fully saturated rings. The monoisotopic (exact) mass is 387 g/mol.